The first-order valence-electron chi connectivity index (χ1n) is 7.39. The Hall–Kier alpha value is -1.88. The molecule has 0 aliphatic rings. The molecule has 2 rings (SSSR count). The molecule has 0 saturated heterocycles. The van der Waals surface area contributed by atoms with Gasteiger partial charge in [-0.3, -0.25) is 9.67 Å². The van der Waals surface area contributed by atoms with Gasteiger partial charge in [-0.1, -0.05) is 13.0 Å². The van der Waals surface area contributed by atoms with Gasteiger partial charge in [0, 0.05) is 31.9 Å². The minimum atomic E-state index is 0.778. The van der Waals surface area contributed by atoms with E-state index in [1.165, 1.54) is 5.56 Å². The molecule has 2 aromatic heterocycles. The van der Waals surface area contributed by atoms with E-state index in [0.717, 1.165) is 42.5 Å². The average Bonchev–Trinajstić information content (AvgIpc) is 2.70. The van der Waals surface area contributed by atoms with E-state index in [1.807, 2.05) is 24.7 Å². The lowest BCUT2D eigenvalue weighted by molar-refractivity contribution is 0.706. The summed E-state index contributed by atoms with van der Waals surface area (Å²) in [7, 11) is 4.09. The van der Waals surface area contributed by atoms with E-state index in [-0.39, 0.29) is 0 Å². The van der Waals surface area contributed by atoms with Crippen LogP contribution in [0, 0.1) is 13.8 Å². The van der Waals surface area contributed by atoms with E-state index in [1.54, 1.807) is 0 Å². The van der Waals surface area contributed by atoms with Crippen molar-refractivity contribution in [3.63, 3.8) is 0 Å². The van der Waals surface area contributed by atoms with Gasteiger partial charge in [-0.05, 0) is 32.5 Å². The van der Waals surface area contributed by atoms with Gasteiger partial charge in [0.25, 0.3) is 0 Å². The molecule has 0 atom stereocenters. The zero-order chi connectivity index (χ0) is 15.4. The standard InChI is InChI=1S/C16H25N5/c1-6-17-10-15-13(3)19-21(5)16(15)20(4)11-14-9-7-8-12(2)18-14/h7-9,17H,6,10-11H2,1-5H3. The molecule has 5 nitrogen and oxygen atoms in total. The van der Waals surface area contributed by atoms with Crippen molar-refractivity contribution in [1.29, 1.82) is 0 Å². The summed E-state index contributed by atoms with van der Waals surface area (Å²) in [4.78, 5) is 6.80. The summed E-state index contributed by atoms with van der Waals surface area (Å²) in [6.07, 6.45) is 0. The van der Waals surface area contributed by atoms with E-state index in [4.69, 9.17) is 0 Å². The molecule has 0 aliphatic carbocycles. The molecule has 0 radical (unpaired) electrons. The summed E-state index contributed by atoms with van der Waals surface area (Å²) < 4.78 is 1.96. The van der Waals surface area contributed by atoms with Crippen LogP contribution in [0.2, 0.25) is 0 Å². The SMILES string of the molecule is CCNCc1c(C)nn(C)c1N(C)Cc1cccc(C)n1. The zero-order valence-corrected chi connectivity index (χ0v) is 13.6. The molecule has 1 N–H and O–H groups in total. The Kier molecular flexibility index (Phi) is 4.96. The number of pyridine rings is 1. The average molecular weight is 287 g/mol. The summed E-state index contributed by atoms with van der Waals surface area (Å²) in [5.74, 6) is 1.15. The number of hydrogen-bond donors (Lipinski definition) is 1. The summed E-state index contributed by atoms with van der Waals surface area (Å²) >= 11 is 0. The number of aromatic nitrogens is 3. The van der Waals surface area contributed by atoms with Gasteiger partial charge >= 0.3 is 0 Å². The monoisotopic (exact) mass is 287 g/mol. The first-order valence-corrected chi connectivity index (χ1v) is 7.39. The molecule has 114 valence electrons. The lowest BCUT2D eigenvalue weighted by Gasteiger charge is -2.21. The van der Waals surface area contributed by atoms with Crippen LogP contribution >= 0.6 is 0 Å². The Bertz CT molecular complexity index is 603. The number of hydrogen-bond acceptors (Lipinski definition) is 4. The molecule has 0 amide bonds. The van der Waals surface area contributed by atoms with Gasteiger partial charge in [0.2, 0.25) is 0 Å². The minimum absolute atomic E-state index is 0.778. The number of anilines is 1. The van der Waals surface area contributed by atoms with Gasteiger partial charge in [-0.2, -0.15) is 5.10 Å². The molecule has 0 spiro atoms. The van der Waals surface area contributed by atoms with E-state index in [2.05, 4.69) is 53.3 Å². The Morgan fingerprint density at radius 2 is 2.05 bits per heavy atom. The normalized spacial score (nSPS) is 10.9. The van der Waals surface area contributed by atoms with Crippen LogP contribution < -0.4 is 10.2 Å². The van der Waals surface area contributed by atoms with Gasteiger partial charge in [-0.25, -0.2) is 0 Å². The van der Waals surface area contributed by atoms with Gasteiger partial charge in [0.1, 0.15) is 5.82 Å². The molecule has 0 saturated carbocycles. The van der Waals surface area contributed by atoms with Crippen LogP contribution in [-0.4, -0.2) is 28.4 Å². The third-order valence-corrected chi connectivity index (χ3v) is 3.57. The summed E-state index contributed by atoms with van der Waals surface area (Å²) in [5.41, 5.74) is 4.47. The van der Waals surface area contributed by atoms with Gasteiger partial charge < -0.3 is 10.2 Å². The molecule has 0 aromatic carbocycles. The third kappa shape index (κ3) is 3.61. The van der Waals surface area contributed by atoms with Crippen LogP contribution in [0.4, 0.5) is 5.82 Å². The lowest BCUT2D eigenvalue weighted by atomic mass is 10.2. The van der Waals surface area contributed by atoms with Crippen molar-refractivity contribution in [2.45, 2.75) is 33.9 Å². The molecule has 5 heteroatoms. The maximum atomic E-state index is 4.58. The van der Waals surface area contributed by atoms with Crippen LogP contribution in [0.3, 0.4) is 0 Å². The van der Waals surface area contributed by atoms with Crippen molar-refractivity contribution in [3.8, 4) is 0 Å². The largest absolute Gasteiger partial charge is 0.354 e. The van der Waals surface area contributed by atoms with Gasteiger partial charge in [-0.15, -0.1) is 0 Å². The van der Waals surface area contributed by atoms with Crippen LogP contribution in [0.1, 0.15) is 29.6 Å². The predicted molar refractivity (Wildman–Crippen MR) is 86.4 cm³/mol. The second-order valence-corrected chi connectivity index (χ2v) is 5.42. The van der Waals surface area contributed by atoms with Crippen LogP contribution in [0.15, 0.2) is 18.2 Å². The van der Waals surface area contributed by atoms with Crippen LogP contribution in [0.5, 0.6) is 0 Å². The molecule has 0 bridgehead atoms. The molecule has 2 heterocycles. The highest BCUT2D eigenvalue weighted by atomic mass is 15.4. The number of nitrogens with one attached hydrogen (secondary N) is 1. The van der Waals surface area contributed by atoms with Crippen molar-refractivity contribution in [2.24, 2.45) is 7.05 Å². The van der Waals surface area contributed by atoms with Crippen molar-refractivity contribution in [2.75, 3.05) is 18.5 Å². The van der Waals surface area contributed by atoms with Crippen molar-refractivity contribution >= 4 is 5.82 Å². The maximum Gasteiger partial charge on any atom is 0.131 e. The Morgan fingerprint density at radius 1 is 1.29 bits per heavy atom. The first kappa shape index (κ1) is 15.5. The second-order valence-electron chi connectivity index (χ2n) is 5.42. The number of aryl methyl sites for hydroxylation is 3. The molecular weight excluding hydrogens is 262 g/mol. The van der Waals surface area contributed by atoms with E-state index >= 15 is 0 Å². The fourth-order valence-electron chi connectivity index (χ4n) is 2.63. The second kappa shape index (κ2) is 6.72. The molecular formula is C16H25N5. The Labute approximate surface area is 127 Å². The van der Waals surface area contributed by atoms with Crippen molar-refractivity contribution < 1.29 is 0 Å². The molecule has 2 aromatic rings. The summed E-state index contributed by atoms with van der Waals surface area (Å²) in [6, 6.07) is 6.14. The summed E-state index contributed by atoms with van der Waals surface area (Å²) in [5, 5.41) is 7.95. The quantitative estimate of drug-likeness (QED) is 0.884. The fraction of sp³-hybridized carbons (Fsp3) is 0.500. The number of rotatable bonds is 6. The molecule has 0 unspecified atom stereocenters. The molecule has 0 fully saturated rings. The van der Waals surface area contributed by atoms with Gasteiger partial charge in [0.15, 0.2) is 0 Å². The Balaban J connectivity index is 2.24. The third-order valence-electron chi connectivity index (χ3n) is 3.57. The van der Waals surface area contributed by atoms with Crippen LogP contribution in [-0.2, 0) is 20.1 Å². The van der Waals surface area contributed by atoms with E-state index in [9.17, 15) is 0 Å². The highest BCUT2D eigenvalue weighted by Gasteiger charge is 2.17. The van der Waals surface area contributed by atoms with E-state index < -0.39 is 0 Å². The minimum Gasteiger partial charge on any atom is -0.354 e. The highest BCUT2D eigenvalue weighted by molar-refractivity contribution is 5.49. The predicted octanol–water partition coefficient (Wildman–Crippen LogP) is 2.18. The van der Waals surface area contributed by atoms with E-state index in [0.29, 0.717) is 0 Å². The smallest absolute Gasteiger partial charge is 0.131 e. The highest BCUT2D eigenvalue weighted by Crippen LogP contribution is 2.23. The fourth-order valence-corrected chi connectivity index (χ4v) is 2.63. The zero-order valence-electron chi connectivity index (χ0n) is 13.6. The topological polar surface area (TPSA) is 46.0 Å². The Morgan fingerprint density at radius 3 is 2.71 bits per heavy atom. The van der Waals surface area contributed by atoms with Gasteiger partial charge in [0.05, 0.1) is 17.9 Å². The summed E-state index contributed by atoms with van der Waals surface area (Å²) in [6.45, 7) is 8.78. The van der Waals surface area contributed by atoms with Crippen LogP contribution in [0.25, 0.3) is 0 Å². The number of nitrogens with zero attached hydrogens (tertiary/aromatic N) is 4. The first-order chi connectivity index (χ1) is 10.0. The van der Waals surface area contributed by atoms with Crippen molar-refractivity contribution in [1.82, 2.24) is 20.1 Å². The molecule has 0 aliphatic heterocycles. The molecule has 21 heavy (non-hydrogen) atoms. The lowest BCUT2D eigenvalue weighted by Crippen LogP contribution is -2.23. The van der Waals surface area contributed by atoms with Crippen molar-refractivity contribution in [3.05, 3.63) is 40.8 Å². The maximum absolute atomic E-state index is 4.58.